The summed E-state index contributed by atoms with van der Waals surface area (Å²) in [5.74, 6) is 0.565. The summed E-state index contributed by atoms with van der Waals surface area (Å²) in [6.07, 6.45) is 3.81. The highest BCUT2D eigenvalue weighted by molar-refractivity contribution is 6.34. The first-order valence-corrected chi connectivity index (χ1v) is 10.0. The Kier molecular flexibility index (Phi) is 4.76. The lowest BCUT2D eigenvalue weighted by molar-refractivity contribution is 0.0996. The molecule has 1 aliphatic heterocycles. The third-order valence-electron chi connectivity index (χ3n) is 5.09. The highest BCUT2D eigenvalue weighted by Crippen LogP contribution is 2.34. The largest absolute Gasteiger partial charge is 0.459 e. The van der Waals surface area contributed by atoms with E-state index in [1.165, 1.54) is 6.26 Å². The van der Waals surface area contributed by atoms with Gasteiger partial charge in [-0.25, -0.2) is 9.98 Å². The number of pyridine rings is 1. The number of furan rings is 1. The van der Waals surface area contributed by atoms with Crippen LogP contribution in [0.25, 0.3) is 11.1 Å². The summed E-state index contributed by atoms with van der Waals surface area (Å²) in [7, 11) is 0. The number of nitrogens with one attached hydrogen (secondary N) is 1. The van der Waals surface area contributed by atoms with Crippen molar-refractivity contribution in [3.63, 3.8) is 0 Å². The molecule has 5 rings (SSSR count). The molecule has 1 aliphatic rings. The van der Waals surface area contributed by atoms with Crippen LogP contribution in [0.1, 0.15) is 21.7 Å². The van der Waals surface area contributed by atoms with Gasteiger partial charge >= 0.3 is 0 Å². The molecule has 6 nitrogen and oxygen atoms in total. The summed E-state index contributed by atoms with van der Waals surface area (Å²) < 4.78 is 5.14. The van der Waals surface area contributed by atoms with Crippen molar-refractivity contribution in [3.05, 3.63) is 95.0 Å². The summed E-state index contributed by atoms with van der Waals surface area (Å²) in [4.78, 5) is 21.5. The Morgan fingerprint density at radius 3 is 2.74 bits per heavy atom. The van der Waals surface area contributed by atoms with Gasteiger partial charge in [-0.1, -0.05) is 29.8 Å². The van der Waals surface area contributed by atoms with E-state index < -0.39 is 0 Å². The number of nitrogens with two attached hydrogens (primary N) is 1. The van der Waals surface area contributed by atoms with Crippen LogP contribution in [0.3, 0.4) is 0 Å². The number of nitrogen functional groups attached to an aromatic ring is 1. The molecule has 1 amide bonds. The van der Waals surface area contributed by atoms with Gasteiger partial charge in [0, 0.05) is 51.3 Å². The highest BCUT2D eigenvalue weighted by Gasteiger charge is 2.21. The van der Waals surface area contributed by atoms with Gasteiger partial charge in [0.05, 0.1) is 12.0 Å². The maximum absolute atomic E-state index is 12.3. The first-order chi connectivity index (χ1) is 15.1. The van der Waals surface area contributed by atoms with Gasteiger partial charge in [-0.3, -0.25) is 4.79 Å². The van der Waals surface area contributed by atoms with E-state index in [-0.39, 0.29) is 11.7 Å². The Hall–Kier alpha value is -3.90. The second kappa shape index (κ2) is 7.74. The van der Waals surface area contributed by atoms with Crippen molar-refractivity contribution in [2.24, 2.45) is 4.99 Å². The van der Waals surface area contributed by atoms with Crippen LogP contribution in [-0.4, -0.2) is 16.6 Å². The van der Waals surface area contributed by atoms with Crippen LogP contribution in [0.5, 0.6) is 0 Å². The Balaban J connectivity index is 1.42. The Morgan fingerprint density at radius 1 is 1.06 bits per heavy atom. The molecular weight excluding hydrogens is 412 g/mol. The number of aliphatic imine (C=N–C) groups is 1. The minimum absolute atomic E-state index is 0.235. The van der Waals surface area contributed by atoms with Gasteiger partial charge < -0.3 is 15.5 Å². The average molecular weight is 429 g/mol. The molecule has 31 heavy (non-hydrogen) atoms. The number of fused-ring (bicyclic) bond motifs is 1. The number of carbonyl (C=O) groups is 1. The van der Waals surface area contributed by atoms with Crippen LogP contribution in [0, 0.1) is 0 Å². The highest BCUT2D eigenvalue weighted by atomic mass is 35.5. The van der Waals surface area contributed by atoms with Crippen molar-refractivity contribution in [2.75, 3.05) is 11.1 Å². The van der Waals surface area contributed by atoms with Crippen LogP contribution in [0.4, 0.5) is 17.2 Å². The van der Waals surface area contributed by atoms with Crippen LogP contribution in [0.2, 0.25) is 5.02 Å². The zero-order valence-electron chi connectivity index (χ0n) is 16.3. The molecule has 0 saturated heterocycles. The van der Waals surface area contributed by atoms with Gasteiger partial charge in [-0.2, -0.15) is 0 Å². The number of anilines is 2. The van der Waals surface area contributed by atoms with E-state index in [2.05, 4.69) is 21.4 Å². The molecule has 3 heterocycles. The molecule has 0 radical (unpaired) electrons. The maximum atomic E-state index is 12.3. The average Bonchev–Trinajstić information content (AvgIpc) is 3.45. The van der Waals surface area contributed by atoms with Crippen LogP contribution in [0.15, 0.2) is 82.5 Å². The van der Waals surface area contributed by atoms with Gasteiger partial charge in [0.15, 0.2) is 11.6 Å². The number of rotatable bonds is 4. The molecule has 7 heteroatoms. The number of halogens is 1. The van der Waals surface area contributed by atoms with E-state index in [4.69, 9.17) is 21.8 Å². The second-order valence-electron chi connectivity index (χ2n) is 7.16. The SMILES string of the molecule is Nc1ccccc1-c1cnc2c(c1)CC(c1cc(NC(=O)c3ccco3)ccc1Cl)=N2. The predicted molar refractivity (Wildman–Crippen MR) is 122 cm³/mol. The van der Waals surface area contributed by atoms with Crippen molar-refractivity contribution in [3.8, 4) is 11.1 Å². The van der Waals surface area contributed by atoms with Gasteiger partial charge in [0.25, 0.3) is 5.91 Å². The lowest BCUT2D eigenvalue weighted by Crippen LogP contribution is -2.11. The Labute approximate surface area is 183 Å². The fourth-order valence-electron chi connectivity index (χ4n) is 3.57. The fourth-order valence-corrected chi connectivity index (χ4v) is 3.80. The molecule has 0 unspecified atom stereocenters. The molecule has 4 aromatic rings. The number of benzene rings is 2. The van der Waals surface area contributed by atoms with Crippen molar-refractivity contribution >= 4 is 40.4 Å². The lowest BCUT2D eigenvalue weighted by Gasteiger charge is -2.09. The van der Waals surface area contributed by atoms with Gasteiger partial charge in [0.1, 0.15) is 0 Å². The zero-order valence-corrected chi connectivity index (χ0v) is 17.1. The summed E-state index contributed by atoms with van der Waals surface area (Å²) in [6.45, 7) is 0. The predicted octanol–water partition coefficient (Wildman–Crippen LogP) is 5.51. The normalized spacial score (nSPS) is 12.4. The number of amides is 1. The molecule has 0 spiro atoms. The standard InChI is InChI=1S/C24H17ClN4O2/c25-19-8-7-16(28-24(30)22-6-3-9-31-22)12-18(19)21-11-14-10-15(13-27-23(14)29-21)17-4-1-2-5-20(17)26/h1-10,12-13H,11,26H2,(H,28,30). The van der Waals surface area contributed by atoms with Gasteiger partial charge in [0.2, 0.25) is 0 Å². The zero-order chi connectivity index (χ0) is 21.4. The fraction of sp³-hybridized carbons (Fsp3) is 0.0417. The molecule has 3 N–H and O–H groups in total. The van der Waals surface area contributed by atoms with E-state index in [9.17, 15) is 4.79 Å². The summed E-state index contributed by atoms with van der Waals surface area (Å²) in [5, 5.41) is 3.37. The number of nitrogens with zero attached hydrogens (tertiary/aromatic N) is 2. The van der Waals surface area contributed by atoms with Crippen LogP contribution < -0.4 is 11.1 Å². The molecule has 0 saturated carbocycles. The van der Waals surface area contributed by atoms with E-state index >= 15 is 0 Å². The molecule has 2 aromatic carbocycles. The van der Waals surface area contributed by atoms with Crippen molar-refractivity contribution < 1.29 is 9.21 Å². The summed E-state index contributed by atoms with van der Waals surface area (Å²) in [5.41, 5.74) is 11.8. The first kappa shape index (κ1) is 19.1. The van der Waals surface area contributed by atoms with E-state index in [0.29, 0.717) is 28.6 Å². The molecule has 152 valence electrons. The van der Waals surface area contributed by atoms with Crippen molar-refractivity contribution in [1.29, 1.82) is 0 Å². The van der Waals surface area contributed by atoms with Crippen molar-refractivity contribution in [1.82, 2.24) is 4.98 Å². The third kappa shape index (κ3) is 3.69. The number of para-hydroxylation sites is 1. The van der Waals surface area contributed by atoms with Crippen LogP contribution >= 0.6 is 11.6 Å². The number of hydrogen-bond acceptors (Lipinski definition) is 5. The second-order valence-corrected chi connectivity index (χ2v) is 7.56. The Bertz CT molecular complexity index is 1330. The first-order valence-electron chi connectivity index (χ1n) is 9.64. The summed E-state index contributed by atoms with van der Waals surface area (Å²) >= 11 is 6.45. The van der Waals surface area contributed by atoms with Gasteiger partial charge in [-0.15, -0.1) is 0 Å². The van der Waals surface area contributed by atoms with Gasteiger partial charge in [-0.05, 0) is 42.5 Å². The molecule has 0 bridgehead atoms. The van der Waals surface area contributed by atoms with E-state index in [1.54, 1.807) is 30.5 Å². The molecule has 0 fully saturated rings. The maximum Gasteiger partial charge on any atom is 0.291 e. The number of aromatic nitrogens is 1. The van der Waals surface area contributed by atoms with Crippen molar-refractivity contribution in [2.45, 2.75) is 6.42 Å². The smallest absolute Gasteiger partial charge is 0.291 e. The Morgan fingerprint density at radius 2 is 1.94 bits per heavy atom. The topological polar surface area (TPSA) is 93.5 Å². The monoisotopic (exact) mass is 428 g/mol. The quantitative estimate of drug-likeness (QED) is 0.419. The third-order valence-corrected chi connectivity index (χ3v) is 5.42. The number of hydrogen-bond donors (Lipinski definition) is 2. The molecular formula is C24H17ClN4O2. The summed E-state index contributed by atoms with van der Waals surface area (Å²) in [6, 6.07) is 18.3. The molecule has 0 aliphatic carbocycles. The minimum Gasteiger partial charge on any atom is -0.459 e. The number of carbonyl (C=O) groups excluding carboxylic acids is 1. The molecule has 0 atom stereocenters. The van der Waals surface area contributed by atoms with Crippen LogP contribution in [-0.2, 0) is 6.42 Å². The van der Waals surface area contributed by atoms with E-state index in [1.807, 2.05) is 30.3 Å². The van der Waals surface area contributed by atoms with E-state index in [0.717, 1.165) is 28.0 Å². The molecule has 2 aromatic heterocycles. The lowest BCUT2D eigenvalue weighted by atomic mass is 10.0. The minimum atomic E-state index is -0.332.